The van der Waals surface area contributed by atoms with Crippen LogP contribution in [0.3, 0.4) is 0 Å². The minimum absolute atomic E-state index is 0.0696. The Balaban J connectivity index is 1.79. The Morgan fingerprint density at radius 2 is 2.04 bits per heavy atom. The van der Waals surface area contributed by atoms with Crippen molar-refractivity contribution in [3.8, 4) is 0 Å². The summed E-state index contributed by atoms with van der Waals surface area (Å²) in [6.07, 6.45) is 0. The van der Waals surface area contributed by atoms with Crippen LogP contribution in [0.25, 0.3) is 0 Å². The van der Waals surface area contributed by atoms with Crippen LogP contribution in [0, 0.1) is 6.92 Å². The van der Waals surface area contributed by atoms with E-state index in [1.165, 1.54) is 0 Å². The Labute approximate surface area is 137 Å². The number of piperazine rings is 1. The second-order valence-electron chi connectivity index (χ2n) is 6.49. The van der Waals surface area contributed by atoms with Gasteiger partial charge in [0, 0.05) is 50.0 Å². The molecule has 2 saturated heterocycles. The van der Waals surface area contributed by atoms with Gasteiger partial charge in [0.1, 0.15) is 0 Å². The maximum Gasteiger partial charge on any atom is 0.322 e. The van der Waals surface area contributed by atoms with Gasteiger partial charge in [-0.2, -0.15) is 0 Å². The summed E-state index contributed by atoms with van der Waals surface area (Å²) in [7, 11) is 2.08. The van der Waals surface area contributed by atoms with E-state index in [2.05, 4.69) is 24.2 Å². The van der Waals surface area contributed by atoms with Crippen molar-refractivity contribution in [3.05, 3.63) is 29.3 Å². The van der Waals surface area contributed by atoms with Crippen molar-refractivity contribution in [1.82, 2.24) is 15.1 Å². The van der Waals surface area contributed by atoms with E-state index in [-0.39, 0.29) is 18.0 Å². The molecule has 3 rings (SSSR count). The van der Waals surface area contributed by atoms with Crippen molar-refractivity contribution in [1.29, 1.82) is 0 Å². The number of benzene rings is 1. The molecule has 1 atom stereocenters. The van der Waals surface area contributed by atoms with Crippen molar-refractivity contribution in [3.63, 3.8) is 0 Å². The highest BCUT2D eigenvalue weighted by Gasteiger charge is 2.28. The number of amides is 3. The van der Waals surface area contributed by atoms with E-state index >= 15 is 0 Å². The van der Waals surface area contributed by atoms with Crippen LogP contribution in [0.2, 0.25) is 0 Å². The Kier molecular flexibility index (Phi) is 4.26. The predicted octanol–water partition coefficient (Wildman–Crippen LogP) is 1.30. The summed E-state index contributed by atoms with van der Waals surface area (Å²) in [6.45, 7) is 7.93. The molecule has 0 bridgehead atoms. The summed E-state index contributed by atoms with van der Waals surface area (Å²) in [5, 5.41) is 2.80. The Bertz CT molecular complexity index is 631. The molecule has 0 aliphatic carbocycles. The third kappa shape index (κ3) is 3.03. The van der Waals surface area contributed by atoms with Crippen molar-refractivity contribution in [2.24, 2.45) is 0 Å². The van der Waals surface area contributed by atoms with Gasteiger partial charge in [-0.1, -0.05) is 0 Å². The van der Waals surface area contributed by atoms with Gasteiger partial charge in [-0.3, -0.25) is 9.69 Å². The van der Waals surface area contributed by atoms with Gasteiger partial charge >= 0.3 is 6.03 Å². The molecule has 2 aliphatic rings. The molecule has 23 heavy (non-hydrogen) atoms. The normalized spacial score (nSPS) is 22.4. The highest BCUT2D eigenvalue weighted by atomic mass is 16.2. The average Bonchev–Trinajstić information content (AvgIpc) is 2.92. The Hall–Kier alpha value is -2.08. The molecule has 1 aromatic rings. The van der Waals surface area contributed by atoms with Crippen LogP contribution in [-0.4, -0.2) is 67.6 Å². The molecule has 2 aliphatic heterocycles. The smallest absolute Gasteiger partial charge is 0.322 e. The summed E-state index contributed by atoms with van der Waals surface area (Å²) in [5.74, 6) is 0.0751. The number of nitrogens with one attached hydrogen (secondary N) is 1. The van der Waals surface area contributed by atoms with Crippen molar-refractivity contribution in [2.45, 2.75) is 19.9 Å². The fraction of sp³-hybridized carbons (Fsp3) is 0.529. The van der Waals surface area contributed by atoms with Gasteiger partial charge in [0.15, 0.2) is 0 Å². The monoisotopic (exact) mass is 316 g/mol. The Morgan fingerprint density at radius 1 is 1.26 bits per heavy atom. The summed E-state index contributed by atoms with van der Waals surface area (Å²) in [6, 6.07) is 5.76. The number of rotatable bonds is 2. The maximum absolute atomic E-state index is 12.8. The minimum Gasteiger partial charge on any atom is -0.336 e. The number of hydrogen-bond donors (Lipinski definition) is 1. The summed E-state index contributed by atoms with van der Waals surface area (Å²) >= 11 is 0. The quantitative estimate of drug-likeness (QED) is 0.895. The number of aryl methyl sites for hydroxylation is 1. The molecule has 124 valence electrons. The van der Waals surface area contributed by atoms with Crippen LogP contribution in [0.4, 0.5) is 10.5 Å². The number of hydrogen-bond acceptors (Lipinski definition) is 3. The number of urea groups is 1. The number of likely N-dealkylation sites (N-methyl/N-ethyl adjacent to an activating group) is 1. The van der Waals surface area contributed by atoms with Gasteiger partial charge in [-0.05, 0) is 44.7 Å². The molecule has 1 N–H and O–H groups in total. The molecule has 0 spiro atoms. The molecule has 2 fully saturated rings. The van der Waals surface area contributed by atoms with Crippen LogP contribution in [-0.2, 0) is 0 Å². The fourth-order valence-corrected chi connectivity index (χ4v) is 3.40. The largest absolute Gasteiger partial charge is 0.336 e. The molecule has 0 saturated carbocycles. The third-order valence-corrected chi connectivity index (χ3v) is 4.68. The van der Waals surface area contributed by atoms with Crippen molar-refractivity contribution >= 4 is 17.6 Å². The highest BCUT2D eigenvalue weighted by molar-refractivity contribution is 5.98. The maximum atomic E-state index is 12.8. The zero-order valence-corrected chi connectivity index (χ0v) is 14.0. The summed E-state index contributed by atoms with van der Waals surface area (Å²) in [5.41, 5.74) is 2.53. The highest BCUT2D eigenvalue weighted by Crippen LogP contribution is 2.24. The van der Waals surface area contributed by atoms with Gasteiger partial charge < -0.3 is 15.1 Å². The minimum atomic E-state index is -0.0696. The van der Waals surface area contributed by atoms with E-state index in [1.807, 2.05) is 30.0 Å². The lowest BCUT2D eigenvalue weighted by Gasteiger charge is -2.38. The summed E-state index contributed by atoms with van der Waals surface area (Å²) in [4.78, 5) is 30.5. The zero-order chi connectivity index (χ0) is 16.6. The fourth-order valence-electron chi connectivity index (χ4n) is 3.40. The van der Waals surface area contributed by atoms with Crippen molar-refractivity contribution < 1.29 is 9.59 Å². The lowest BCUT2D eigenvalue weighted by atomic mass is 10.1. The third-order valence-electron chi connectivity index (χ3n) is 4.68. The first kappa shape index (κ1) is 15.8. The van der Waals surface area contributed by atoms with Gasteiger partial charge in [0.2, 0.25) is 0 Å². The molecular weight excluding hydrogens is 292 g/mol. The van der Waals surface area contributed by atoms with E-state index in [1.54, 1.807) is 4.90 Å². The molecule has 2 heterocycles. The molecule has 6 nitrogen and oxygen atoms in total. The number of anilines is 1. The lowest BCUT2D eigenvalue weighted by molar-refractivity contribution is 0.0533. The van der Waals surface area contributed by atoms with Crippen LogP contribution in [0.5, 0.6) is 0 Å². The van der Waals surface area contributed by atoms with Crippen molar-refractivity contribution in [2.75, 3.05) is 44.7 Å². The first-order valence-corrected chi connectivity index (χ1v) is 8.13. The van der Waals surface area contributed by atoms with Crippen LogP contribution in [0.1, 0.15) is 22.8 Å². The van der Waals surface area contributed by atoms with Gasteiger partial charge in [0.05, 0.1) is 0 Å². The zero-order valence-electron chi connectivity index (χ0n) is 14.0. The average molecular weight is 316 g/mol. The molecule has 3 amide bonds. The number of carbonyl (C=O) groups is 2. The lowest BCUT2D eigenvalue weighted by Crippen LogP contribution is -2.52. The van der Waals surface area contributed by atoms with Crippen LogP contribution in [0.15, 0.2) is 18.2 Å². The molecule has 6 heteroatoms. The van der Waals surface area contributed by atoms with Gasteiger partial charge in [-0.15, -0.1) is 0 Å². The molecule has 0 radical (unpaired) electrons. The summed E-state index contributed by atoms with van der Waals surface area (Å²) < 4.78 is 0. The second-order valence-corrected chi connectivity index (χ2v) is 6.49. The SMILES string of the molecule is Cc1cc(C(=O)N2CCN(C)C[C@H]2C)ccc1N1CCNC1=O. The first-order valence-electron chi connectivity index (χ1n) is 8.13. The number of carbonyl (C=O) groups excluding carboxylic acids is 2. The molecule has 1 aromatic carbocycles. The molecule has 0 unspecified atom stereocenters. The topological polar surface area (TPSA) is 55.9 Å². The predicted molar refractivity (Wildman–Crippen MR) is 89.9 cm³/mol. The van der Waals surface area contributed by atoms with Crippen LogP contribution >= 0.6 is 0 Å². The molecular formula is C17H24N4O2. The Morgan fingerprint density at radius 3 is 2.65 bits per heavy atom. The standard InChI is InChI=1S/C17H24N4O2/c1-12-10-14(4-5-15(12)21-7-6-18-17(21)23)16(22)20-9-8-19(3)11-13(20)2/h4-5,10,13H,6-9,11H2,1-3H3,(H,18,23)/t13-/m1/s1. The van der Waals surface area contributed by atoms with E-state index in [4.69, 9.17) is 0 Å². The van der Waals surface area contributed by atoms with E-state index in [9.17, 15) is 9.59 Å². The van der Waals surface area contributed by atoms with E-state index < -0.39 is 0 Å². The first-order chi connectivity index (χ1) is 11.0. The second kappa shape index (κ2) is 6.20. The number of nitrogens with zero attached hydrogens (tertiary/aromatic N) is 3. The molecule has 0 aromatic heterocycles. The van der Waals surface area contributed by atoms with Gasteiger partial charge in [0.25, 0.3) is 5.91 Å². The van der Waals surface area contributed by atoms with Crippen LogP contribution < -0.4 is 10.2 Å². The van der Waals surface area contributed by atoms with E-state index in [0.717, 1.165) is 30.9 Å². The van der Waals surface area contributed by atoms with Gasteiger partial charge in [-0.25, -0.2) is 4.79 Å². The van der Waals surface area contributed by atoms with E-state index in [0.29, 0.717) is 18.7 Å².